The van der Waals surface area contributed by atoms with Crippen LogP contribution in [0.1, 0.15) is 6.42 Å². The molecule has 0 aliphatic heterocycles. The van der Waals surface area contributed by atoms with E-state index in [0.717, 1.165) is 0 Å². The van der Waals surface area contributed by atoms with E-state index in [1.807, 2.05) is 0 Å². The van der Waals surface area contributed by atoms with Gasteiger partial charge in [0.2, 0.25) is 0 Å². The lowest BCUT2D eigenvalue weighted by Crippen LogP contribution is -2.55. The summed E-state index contributed by atoms with van der Waals surface area (Å²) in [4.78, 5) is 32.5. The smallest absolute Gasteiger partial charge is 0.328 e. The van der Waals surface area contributed by atoms with Crippen LogP contribution in [0.15, 0.2) is 12.2 Å². The molecule has 0 bridgehead atoms. The number of carbonyl (C=O) groups is 3. The molecule has 0 heterocycles. The maximum atomic E-state index is 11.7. The van der Waals surface area contributed by atoms with Gasteiger partial charge in [0.15, 0.2) is 11.4 Å². The van der Waals surface area contributed by atoms with Crippen molar-refractivity contribution in [2.45, 2.75) is 12.0 Å². The van der Waals surface area contributed by atoms with Gasteiger partial charge in [-0.25, -0.2) is 4.79 Å². The van der Waals surface area contributed by atoms with Crippen molar-refractivity contribution in [3.05, 3.63) is 12.2 Å². The molecule has 1 unspecified atom stereocenters. The third-order valence-electron chi connectivity index (χ3n) is 2.01. The van der Waals surface area contributed by atoms with Crippen LogP contribution in [0.2, 0.25) is 0 Å². The van der Waals surface area contributed by atoms with Crippen LogP contribution in [0.5, 0.6) is 0 Å². The predicted octanol–water partition coefficient (Wildman–Crippen LogP) is -2.23. The first-order valence-electron chi connectivity index (χ1n) is 5.14. The first kappa shape index (κ1) is 16.3. The van der Waals surface area contributed by atoms with Gasteiger partial charge >= 0.3 is 5.97 Å². The number of aliphatic hydroxyl groups is 1. The molecule has 0 aliphatic rings. The monoisotopic (exact) mass is 259 g/mol. The molecule has 0 saturated carbocycles. The second-order valence-electron chi connectivity index (χ2n) is 5.06. The van der Waals surface area contributed by atoms with E-state index in [-0.39, 0.29) is 11.0 Å². The van der Waals surface area contributed by atoms with E-state index < -0.39 is 29.7 Å². The average molecular weight is 259 g/mol. The lowest BCUT2D eigenvalue weighted by molar-refractivity contribution is -0.875. The third-order valence-corrected chi connectivity index (χ3v) is 2.01. The van der Waals surface area contributed by atoms with E-state index in [2.05, 4.69) is 0 Å². The molecule has 1 atom stereocenters. The standard InChI is InChI=1S/C11H17NO6/c1-12(2,3)7-11(18,6-10(16)17)8(13)4-5-9(14)15/h4-5,18H,6-7H2,1-3H3,(H-,14,15,16,17)/b5-4+. The Kier molecular flexibility index (Phi) is 5.19. The van der Waals surface area contributed by atoms with Crippen LogP contribution < -0.4 is 5.11 Å². The fraction of sp³-hybridized carbons (Fsp3) is 0.545. The summed E-state index contributed by atoms with van der Waals surface area (Å²) in [6.45, 7) is -0.177. The zero-order valence-corrected chi connectivity index (χ0v) is 10.5. The van der Waals surface area contributed by atoms with Crippen LogP contribution in [0.25, 0.3) is 0 Å². The van der Waals surface area contributed by atoms with Crippen molar-refractivity contribution < 1.29 is 34.2 Å². The Bertz CT molecular complexity index is 381. The highest BCUT2D eigenvalue weighted by atomic mass is 16.4. The Labute approximate surface area is 105 Å². The summed E-state index contributed by atoms with van der Waals surface area (Å²) in [5, 5.41) is 29.0. The molecular formula is C11H17NO6. The molecule has 0 saturated heterocycles. The van der Waals surface area contributed by atoms with Crippen molar-refractivity contribution in [2.75, 3.05) is 27.7 Å². The number of hydrogen-bond donors (Lipinski definition) is 2. The van der Waals surface area contributed by atoms with Crippen molar-refractivity contribution in [1.82, 2.24) is 0 Å². The van der Waals surface area contributed by atoms with Crippen molar-refractivity contribution in [2.24, 2.45) is 0 Å². The molecule has 7 heteroatoms. The topological polar surface area (TPSA) is 115 Å². The van der Waals surface area contributed by atoms with Gasteiger partial charge in [0.25, 0.3) is 0 Å². The van der Waals surface area contributed by atoms with Gasteiger partial charge < -0.3 is 24.6 Å². The lowest BCUT2D eigenvalue weighted by Gasteiger charge is -2.34. The Morgan fingerprint density at radius 3 is 2.06 bits per heavy atom. The number of quaternary nitrogens is 1. The van der Waals surface area contributed by atoms with E-state index in [4.69, 9.17) is 5.11 Å². The molecule has 0 aromatic heterocycles. The van der Waals surface area contributed by atoms with E-state index in [1.165, 1.54) is 0 Å². The second-order valence-corrected chi connectivity index (χ2v) is 5.06. The van der Waals surface area contributed by atoms with E-state index in [0.29, 0.717) is 12.2 Å². The third kappa shape index (κ3) is 6.12. The number of carboxylic acids is 2. The highest BCUT2D eigenvalue weighted by molar-refractivity contribution is 6.02. The molecule has 0 aliphatic carbocycles. The molecule has 0 aromatic carbocycles. The number of likely N-dealkylation sites (N-methyl/N-ethyl adjacent to an activating group) is 1. The second kappa shape index (κ2) is 5.74. The Morgan fingerprint density at radius 1 is 1.22 bits per heavy atom. The molecule has 2 N–H and O–H groups in total. The Hall–Kier alpha value is -1.73. The number of carbonyl (C=O) groups excluding carboxylic acids is 2. The van der Waals surface area contributed by atoms with Gasteiger partial charge in [-0.2, -0.15) is 0 Å². The van der Waals surface area contributed by atoms with E-state index in [1.54, 1.807) is 21.1 Å². The van der Waals surface area contributed by atoms with Crippen LogP contribution in [0.3, 0.4) is 0 Å². The van der Waals surface area contributed by atoms with Gasteiger partial charge in [0.05, 0.1) is 21.1 Å². The minimum atomic E-state index is -2.18. The zero-order valence-electron chi connectivity index (χ0n) is 10.5. The van der Waals surface area contributed by atoms with Crippen LogP contribution in [0.4, 0.5) is 0 Å². The van der Waals surface area contributed by atoms with Gasteiger partial charge in [-0.15, -0.1) is 0 Å². The van der Waals surface area contributed by atoms with Gasteiger partial charge in [0, 0.05) is 18.5 Å². The molecule has 0 amide bonds. The van der Waals surface area contributed by atoms with Gasteiger partial charge in [-0.05, 0) is 6.08 Å². The molecule has 18 heavy (non-hydrogen) atoms. The van der Waals surface area contributed by atoms with Crippen molar-refractivity contribution in [3.63, 3.8) is 0 Å². The number of hydrogen-bond acceptors (Lipinski definition) is 5. The maximum Gasteiger partial charge on any atom is 0.328 e. The largest absolute Gasteiger partial charge is 0.550 e. The zero-order chi connectivity index (χ0) is 14.6. The Morgan fingerprint density at radius 2 is 1.72 bits per heavy atom. The summed E-state index contributed by atoms with van der Waals surface area (Å²) >= 11 is 0. The van der Waals surface area contributed by atoms with Crippen LogP contribution in [-0.4, -0.2) is 65.7 Å². The number of nitrogens with zero attached hydrogens (tertiary/aromatic N) is 1. The van der Waals surface area contributed by atoms with Crippen molar-refractivity contribution >= 4 is 17.7 Å². The highest BCUT2D eigenvalue weighted by Crippen LogP contribution is 2.16. The summed E-state index contributed by atoms with van der Waals surface area (Å²) in [5.74, 6) is -3.91. The molecule has 0 fully saturated rings. The number of ketones is 1. The summed E-state index contributed by atoms with van der Waals surface area (Å²) in [7, 11) is 4.98. The fourth-order valence-electron chi connectivity index (χ4n) is 1.55. The number of rotatable bonds is 7. The van der Waals surface area contributed by atoms with Gasteiger partial charge in [-0.1, -0.05) is 0 Å². The highest BCUT2D eigenvalue weighted by Gasteiger charge is 2.39. The Balaban J connectivity index is 5.14. The minimum Gasteiger partial charge on any atom is -0.550 e. The predicted molar refractivity (Wildman–Crippen MR) is 59.3 cm³/mol. The fourth-order valence-corrected chi connectivity index (χ4v) is 1.55. The molecule has 0 rings (SSSR count). The summed E-state index contributed by atoms with van der Waals surface area (Å²) < 4.78 is 0.135. The lowest BCUT2D eigenvalue weighted by atomic mass is 9.92. The van der Waals surface area contributed by atoms with Crippen molar-refractivity contribution in [3.8, 4) is 0 Å². The van der Waals surface area contributed by atoms with Crippen LogP contribution in [0, 0.1) is 0 Å². The summed E-state index contributed by atoms with van der Waals surface area (Å²) in [6.07, 6.45) is 0.324. The van der Waals surface area contributed by atoms with Crippen LogP contribution in [-0.2, 0) is 14.4 Å². The molecule has 0 radical (unpaired) electrons. The first-order chi connectivity index (χ1) is 7.96. The first-order valence-corrected chi connectivity index (χ1v) is 5.14. The van der Waals surface area contributed by atoms with Crippen LogP contribution >= 0.6 is 0 Å². The summed E-state index contributed by atoms with van der Waals surface area (Å²) in [5.41, 5.74) is -2.18. The molecule has 0 spiro atoms. The van der Waals surface area contributed by atoms with E-state index >= 15 is 0 Å². The quantitative estimate of drug-likeness (QED) is 0.395. The molecular weight excluding hydrogens is 242 g/mol. The molecule has 0 aromatic rings. The number of aliphatic carboxylic acids is 2. The number of carboxylic acid groups (broad SMARTS) is 2. The SMILES string of the molecule is C[N+](C)(C)CC(O)(CC(=O)[O-])C(=O)/C=C/C(=O)O. The van der Waals surface area contributed by atoms with Crippen molar-refractivity contribution in [1.29, 1.82) is 0 Å². The van der Waals surface area contributed by atoms with Gasteiger partial charge in [-0.3, -0.25) is 4.79 Å². The van der Waals surface area contributed by atoms with E-state index in [9.17, 15) is 24.6 Å². The molecule has 102 valence electrons. The normalized spacial score (nSPS) is 15.3. The minimum absolute atomic E-state index is 0.135. The van der Waals surface area contributed by atoms with Gasteiger partial charge in [0.1, 0.15) is 6.54 Å². The maximum absolute atomic E-state index is 11.7. The average Bonchev–Trinajstić information content (AvgIpc) is 2.09. The molecule has 7 nitrogen and oxygen atoms in total. The summed E-state index contributed by atoms with van der Waals surface area (Å²) in [6, 6.07) is 0.